The first-order chi connectivity index (χ1) is 22.2. The van der Waals surface area contributed by atoms with E-state index in [0.29, 0.717) is 0 Å². The van der Waals surface area contributed by atoms with Gasteiger partial charge in [-0.2, -0.15) is 0 Å². The lowest BCUT2D eigenvalue weighted by atomic mass is 9.76. The van der Waals surface area contributed by atoms with Crippen LogP contribution in [-0.2, 0) is 5.16 Å². The summed E-state index contributed by atoms with van der Waals surface area (Å²) in [5.41, 5.74) is 4.90. The molecule has 2 radical (unpaired) electrons. The molecule has 0 saturated heterocycles. The minimum Gasteiger partial charge on any atom is -0.494 e. The van der Waals surface area contributed by atoms with E-state index in [2.05, 4.69) is 132 Å². The van der Waals surface area contributed by atoms with E-state index in [1.165, 1.54) is 29.2 Å². The highest BCUT2D eigenvalue weighted by Crippen LogP contribution is 2.33. The van der Waals surface area contributed by atoms with Crippen molar-refractivity contribution in [2.24, 2.45) is 0 Å². The van der Waals surface area contributed by atoms with E-state index in [0.717, 1.165) is 29.9 Å². The van der Waals surface area contributed by atoms with Gasteiger partial charge in [0.25, 0.3) is 0 Å². The van der Waals surface area contributed by atoms with E-state index in [1.54, 1.807) is 0 Å². The first kappa shape index (κ1) is 31.8. The topological polar surface area (TPSA) is 27.1 Å². The second-order valence-electron chi connectivity index (χ2n) is 11.2. The fraction of sp³-hybridized carbons (Fsp3) is 0.175. The van der Waals surface area contributed by atoms with Crippen LogP contribution in [0.3, 0.4) is 0 Å². The lowest BCUT2D eigenvalue weighted by Gasteiger charge is -2.37. The molecule has 5 aromatic carbocycles. The molecule has 0 fully saturated rings. The molecule has 224 valence electrons. The van der Waals surface area contributed by atoms with Crippen LogP contribution in [0.15, 0.2) is 164 Å². The van der Waals surface area contributed by atoms with Gasteiger partial charge in [-0.15, -0.1) is 0 Å². The largest absolute Gasteiger partial charge is 0.494 e. The van der Waals surface area contributed by atoms with Crippen molar-refractivity contribution >= 4 is 22.6 Å². The Morgan fingerprint density at radius 1 is 0.689 bits per heavy atom. The third kappa shape index (κ3) is 8.31. The molecule has 0 spiro atoms. The first-order valence-electron chi connectivity index (χ1n) is 15.9. The summed E-state index contributed by atoms with van der Waals surface area (Å²) < 4.78 is 8.23. The van der Waals surface area contributed by atoms with Gasteiger partial charge >= 0.3 is 0 Å². The summed E-state index contributed by atoms with van der Waals surface area (Å²) in [6.07, 6.45) is 9.47. The number of ether oxygens (including phenoxy) is 1. The Balaban J connectivity index is 0.000000238. The number of rotatable bonds is 12. The number of hydrogen-bond acceptors (Lipinski definition) is 2. The first-order valence-corrected chi connectivity index (χ1v) is 17.3. The Hall–Kier alpha value is -4.61. The Kier molecular flexibility index (Phi) is 11.6. The number of benzene rings is 5. The van der Waals surface area contributed by atoms with Crippen LogP contribution in [0.4, 0.5) is 0 Å². The molecular weight excluding hydrogens is 563 g/mol. The van der Waals surface area contributed by atoms with Gasteiger partial charge in [0.1, 0.15) is 5.75 Å². The van der Waals surface area contributed by atoms with Crippen LogP contribution in [0.25, 0.3) is 0 Å². The summed E-state index contributed by atoms with van der Waals surface area (Å²) >= 11 is 0. The number of unbranched alkanes of at least 4 members (excludes halogenated alkanes) is 2. The van der Waals surface area contributed by atoms with Crippen LogP contribution in [0, 0.1) is 0 Å². The molecule has 3 nitrogen and oxygen atoms in total. The molecular formula is C40H41BN2OSi. The van der Waals surface area contributed by atoms with Crippen LogP contribution in [0.2, 0.25) is 0 Å². The highest BCUT2D eigenvalue weighted by Gasteiger charge is 2.36. The second-order valence-corrected chi connectivity index (χ2v) is 13.4. The Bertz CT molecular complexity index is 1570. The maximum atomic E-state index is 6.12. The number of aromatic nitrogens is 2. The molecule has 1 heterocycles. The quantitative estimate of drug-likeness (QED) is 0.106. The van der Waals surface area contributed by atoms with Crippen molar-refractivity contribution in [3.63, 3.8) is 0 Å². The van der Waals surface area contributed by atoms with Gasteiger partial charge in [-0.25, -0.2) is 4.98 Å². The SMILES string of the molecule is CCCCCOc1ccc([SiH2]C(c2ccccc2)(c2ccccc2)n2ccnc2)cc1.[B]C(c1ccccc1)c1ccccc1. The Morgan fingerprint density at radius 3 is 1.67 bits per heavy atom. The van der Waals surface area contributed by atoms with Gasteiger partial charge in [0.15, 0.2) is 0 Å². The van der Waals surface area contributed by atoms with Gasteiger partial charge < -0.3 is 9.30 Å². The molecule has 0 unspecified atom stereocenters. The van der Waals surface area contributed by atoms with Crippen molar-refractivity contribution in [3.05, 3.63) is 187 Å². The summed E-state index contributed by atoms with van der Waals surface area (Å²) in [6.45, 7) is 3.00. The maximum absolute atomic E-state index is 6.12. The fourth-order valence-electron chi connectivity index (χ4n) is 5.73. The molecule has 1 aromatic heterocycles. The van der Waals surface area contributed by atoms with E-state index < -0.39 is 9.52 Å². The third-order valence-electron chi connectivity index (χ3n) is 8.17. The van der Waals surface area contributed by atoms with Crippen LogP contribution in [0.1, 0.15) is 54.3 Å². The molecule has 0 N–H and O–H groups in total. The second kappa shape index (κ2) is 16.5. The van der Waals surface area contributed by atoms with Crippen molar-refractivity contribution in [1.29, 1.82) is 0 Å². The van der Waals surface area contributed by atoms with Crippen molar-refractivity contribution in [1.82, 2.24) is 9.55 Å². The van der Waals surface area contributed by atoms with Gasteiger partial charge in [-0.3, -0.25) is 0 Å². The van der Waals surface area contributed by atoms with Gasteiger partial charge in [0.05, 0.1) is 35.5 Å². The van der Waals surface area contributed by atoms with Crippen LogP contribution < -0.4 is 9.92 Å². The van der Waals surface area contributed by atoms with Gasteiger partial charge in [-0.1, -0.05) is 158 Å². The maximum Gasteiger partial charge on any atom is 0.119 e. The van der Waals surface area contributed by atoms with Crippen LogP contribution >= 0.6 is 0 Å². The van der Waals surface area contributed by atoms with Crippen molar-refractivity contribution in [2.45, 2.75) is 37.2 Å². The molecule has 0 aliphatic heterocycles. The van der Waals surface area contributed by atoms with Gasteiger partial charge in [0, 0.05) is 12.4 Å². The summed E-state index contributed by atoms with van der Waals surface area (Å²) in [5.74, 6) is 0.943. The molecule has 0 bridgehead atoms. The highest BCUT2D eigenvalue weighted by atomic mass is 28.2. The number of nitrogens with zero attached hydrogens (tertiary/aromatic N) is 2. The minimum absolute atomic E-state index is 0.0163. The number of hydrogen-bond donors (Lipinski definition) is 0. The predicted octanol–water partition coefficient (Wildman–Crippen LogP) is 7.64. The van der Waals surface area contributed by atoms with E-state index in [1.807, 2.05) is 48.9 Å². The third-order valence-corrected chi connectivity index (χ3v) is 10.7. The van der Waals surface area contributed by atoms with Crippen LogP contribution in [-0.4, -0.2) is 33.5 Å². The zero-order valence-electron chi connectivity index (χ0n) is 26.1. The smallest absolute Gasteiger partial charge is 0.119 e. The van der Waals surface area contributed by atoms with E-state index >= 15 is 0 Å². The van der Waals surface area contributed by atoms with E-state index in [9.17, 15) is 0 Å². The molecule has 0 aliphatic rings. The normalized spacial score (nSPS) is 11.3. The average Bonchev–Trinajstić information content (AvgIpc) is 3.67. The average molecular weight is 605 g/mol. The van der Waals surface area contributed by atoms with Crippen molar-refractivity contribution in [3.8, 4) is 5.75 Å². The minimum atomic E-state index is -0.846. The zero-order valence-corrected chi connectivity index (χ0v) is 27.5. The molecule has 5 heteroatoms. The Morgan fingerprint density at radius 2 is 1.20 bits per heavy atom. The van der Waals surface area contributed by atoms with Crippen LogP contribution in [0.5, 0.6) is 5.75 Å². The van der Waals surface area contributed by atoms with E-state index in [-0.39, 0.29) is 11.0 Å². The molecule has 0 amide bonds. The molecule has 6 rings (SSSR count). The molecule has 0 aliphatic carbocycles. The van der Waals surface area contributed by atoms with Crippen molar-refractivity contribution < 1.29 is 4.74 Å². The van der Waals surface area contributed by atoms with E-state index in [4.69, 9.17) is 12.6 Å². The highest BCUT2D eigenvalue weighted by molar-refractivity contribution is 6.57. The fourth-order valence-corrected chi connectivity index (χ4v) is 8.04. The van der Waals surface area contributed by atoms with Gasteiger partial charge in [-0.05, 0) is 46.6 Å². The molecule has 6 aromatic rings. The lowest BCUT2D eigenvalue weighted by Crippen LogP contribution is -2.46. The summed E-state index contributed by atoms with van der Waals surface area (Å²) in [7, 11) is 5.27. The lowest BCUT2D eigenvalue weighted by molar-refractivity contribution is 0.306. The molecule has 0 atom stereocenters. The zero-order chi connectivity index (χ0) is 31.2. The molecule has 0 saturated carbocycles. The standard InChI is InChI=1S/C27H30N2OSi.C13H11B/c1-2-3-10-21-30-25-15-17-26(18-16-25)31-27(29-20-19-28-22-29,23-11-6-4-7-12-23)24-13-8-5-9-14-24;14-13(11-7-3-1-4-8-11)12-9-5-2-6-10-12/h4-9,11-20,22H,2-3,10,21,31H2,1H3;1-10,13H. The Labute approximate surface area is 272 Å². The van der Waals surface area contributed by atoms with Gasteiger partial charge in [0.2, 0.25) is 0 Å². The summed E-state index contributed by atoms with van der Waals surface area (Å²) in [5, 5.41) is 1.14. The monoisotopic (exact) mass is 604 g/mol. The molecule has 45 heavy (non-hydrogen) atoms. The predicted molar refractivity (Wildman–Crippen MR) is 191 cm³/mol. The summed E-state index contributed by atoms with van der Waals surface area (Å²) in [4.78, 5) is 4.41. The summed E-state index contributed by atoms with van der Waals surface area (Å²) in [6, 6.07) is 50.7. The van der Waals surface area contributed by atoms with Crippen molar-refractivity contribution in [2.75, 3.05) is 6.61 Å². The number of imidazole rings is 1.